The first-order valence-electron chi connectivity index (χ1n) is 13.1. The minimum atomic E-state index is -4.19. The average molecular weight is 588 g/mol. The molecule has 1 unspecified atom stereocenters. The molecule has 3 aromatic carbocycles. The first-order valence-corrected chi connectivity index (χ1v) is 14.9. The Morgan fingerprint density at radius 2 is 1.62 bits per heavy atom. The summed E-state index contributed by atoms with van der Waals surface area (Å²) < 4.78 is 42.3. The summed E-state index contributed by atoms with van der Waals surface area (Å²) in [6.45, 7) is 7.25. The molecule has 0 heterocycles. The van der Waals surface area contributed by atoms with E-state index in [4.69, 9.17) is 11.6 Å². The summed E-state index contributed by atoms with van der Waals surface area (Å²) in [4.78, 5) is 28.2. The fourth-order valence-corrected chi connectivity index (χ4v) is 5.58. The number of amides is 2. The molecule has 214 valence electrons. The first-order chi connectivity index (χ1) is 18.9. The maximum Gasteiger partial charge on any atom is 0.264 e. The Kier molecular flexibility index (Phi) is 10.7. The van der Waals surface area contributed by atoms with Gasteiger partial charge in [0.05, 0.1) is 10.6 Å². The maximum absolute atomic E-state index is 13.9. The zero-order valence-corrected chi connectivity index (χ0v) is 24.7. The minimum Gasteiger partial charge on any atom is -0.354 e. The van der Waals surface area contributed by atoms with Crippen LogP contribution in [-0.2, 0) is 26.2 Å². The number of nitrogens with zero attached hydrogens (tertiary/aromatic N) is 2. The van der Waals surface area contributed by atoms with Gasteiger partial charge in [0.1, 0.15) is 18.4 Å². The lowest BCUT2D eigenvalue weighted by Gasteiger charge is -2.32. The Bertz CT molecular complexity index is 1430. The van der Waals surface area contributed by atoms with Gasteiger partial charge in [0.15, 0.2) is 0 Å². The maximum atomic E-state index is 13.9. The summed E-state index contributed by atoms with van der Waals surface area (Å²) in [5.74, 6) is -1.37. The number of hydrogen-bond acceptors (Lipinski definition) is 4. The van der Waals surface area contributed by atoms with Crippen molar-refractivity contribution in [3.8, 4) is 0 Å². The van der Waals surface area contributed by atoms with Gasteiger partial charge in [-0.1, -0.05) is 43.1 Å². The van der Waals surface area contributed by atoms with E-state index < -0.39 is 34.3 Å². The number of aryl methyl sites for hydroxylation is 2. The lowest BCUT2D eigenvalue weighted by molar-refractivity contribution is -0.139. The van der Waals surface area contributed by atoms with Crippen molar-refractivity contribution in [3.05, 3.63) is 94.3 Å². The lowest BCUT2D eigenvalue weighted by atomic mass is 10.1. The third kappa shape index (κ3) is 7.82. The van der Waals surface area contributed by atoms with Crippen LogP contribution >= 0.6 is 11.6 Å². The average Bonchev–Trinajstić information content (AvgIpc) is 2.92. The normalized spacial score (nSPS) is 12.1. The van der Waals surface area contributed by atoms with E-state index in [9.17, 15) is 22.4 Å². The van der Waals surface area contributed by atoms with Crippen LogP contribution in [0.25, 0.3) is 0 Å². The third-order valence-corrected chi connectivity index (χ3v) is 8.76. The number of carbonyl (C=O) groups is 2. The van der Waals surface area contributed by atoms with Gasteiger partial charge in [-0.3, -0.25) is 13.9 Å². The highest BCUT2D eigenvalue weighted by Crippen LogP contribution is 2.27. The molecular weight excluding hydrogens is 553 g/mol. The van der Waals surface area contributed by atoms with Crippen molar-refractivity contribution in [1.82, 2.24) is 10.2 Å². The van der Waals surface area contributed by atoms with Crippen molar-refractivity contribution in [1.29, 1.82) is 0 Å². The standard InChI is InChI=1S/C30H35ClFN3O4S/c1-5-6-17-33-30(37)23(4)34(19-24-8-12-26(32)13-9-24)29(36)20-35(27-14-7-21(2)22(3)18-27)40(38,39)28-15-10-25(31)11-16-28/h7-16,18,23H,5-6,17,19-20H2,1-4H3,(H,33,37). The summed E-state index contributed by atoms with van der Waals surface area (Å²) in [7, 11) is -4.19. The molecular formula is C30H35ClFN3O4S. The second-order valence-corrected chi connectivity index (χ2v) is 12.0. The quantitative estimate of drug-likeness (QED) is 0.279. The van der Waals surface area contributed by atoms with Crippen LogP contribution in [0.5, 0.6) is 0 Å². The molecule has 0 saturated heterocycles. The van der Waals surface area contributed by atoms with Crippen LogP contribution in [0.4, 0.5) is 10.1 Å². The molecule has 1 N–H and O–H groups in total. The fourth-order valence-electron chi connectivity index (χ4n) is 4.05. The van der Waals surface area contributed by atoms with Crippen molar-refractivity contribution >= 4 is 39.1 Å². The van der Waals surface area contributed by atoms with E-state index in [1.807, 2.05) is 20.8 Å². The largest absolute Gasteiger partial charge is 0.354 e. The number of nitrogens with one attached hydrogen (secondary N) is 1. The molecule has 0 spiro atoms. The van der Waals surface area contributed by atoms with E-state index in [-0.39, 0.29) is 17.3 Å². The summed E-state index contributed by atoms with van der Waals surface area (Å²) in [6, 6.07) is 15.6. The predicted octanol–water partition coefficient (Wildman–Crippen LogP) is 5.62. The summed E-state index contributed by atoms with van der Waals surface area (Å²) >= 11 is 5.99. The van der Waals surface area contributed by atoms with Crippen molar-refractivity contribution in [2.45, 2.75) is 58.0 Å². The monoisotopic (exact) mass is 587 g/mol. The molecule has 40 heavy (non-hydrogen) atoms. The molecule has 0 fully saturated rings. The lowest BCUT2D eigenvalue weighted by Crippen LogP contribution is -2.51. The van der Waals surface area contributed by atoms with Crippen molar-refractivity contribution in [2.75, 3.05) is 17.4 Å². The summed E-state index contributed by atoms with van der Waals surface area (Å²) in [6.07, 6.45) is 1.67. The molecule has 2 amide bonds. The molecule has 0 radical (unpaired) electrons. The van der Waals surface area contributed by atoms with Gasteiger partial charge in [-0.05, 0) is 92.4 Å². The fraction of sp³-hybridized carbons (Fsp3) is 0.333. The molecule has 3 rings (SSSR count). The number of benzene rings is 3. The Labute approximate surface area is 241 Å². The van der Waals surface area contributed by atoms with Crippen LogP contribution in [0.2, 0.25) is 5.02 Å². The highest BCUT2D eigenvalue weighted by molar-refractivity contribution is 7.92. The Morgan fingerprint density at radius 3 is 2.23 bits per heavy atom. The van der Waals surface area contributed by atoms with Crippen molar-refractivity contribution < 1.29 is 22.4 Å². The number of sulfonamides is 1. The van der Waals surface area contributed by atoms with E-state index in [1.54, 1.807) is 25.1 Å². The predicted molar refractivity (Wildman–Crippen MR) is 156 cm³/mol. The smallest absolute Gasteiger partial charge is 0.264 e. The van der Waals surface area contributed by atoms with E-state index in [0.29, 0.717) is 22.8 Å². The second kappa shape index (κ2) is 13.8. The van der Waals surface area contributed by atoms with Crippen LogP contribution in [0, 0.1) is 19.7 Å². The van der Waals surface area contributed by atoms with Crippen LogP contribution < -0.4 is 9.62 Å². The van der Waals surface area contributed by atoms with E-state index >= 15 is 0 Å². The molecule has 1 atom stereocenters. The van der Waals surface area contributed by atoms with Gasteiger partial charge in [-0.2, -0.15) is 0 Å². The van der Waals surface area contributed by atoms with Gasteiger partial charge >= 0.3 is 0 Å². The second-order valence-electron chi connectivity index (χ2n) is 9.70. The molecule has 0 aromatic heterocycles. The molecule has 0 aliphatic rings. The Hall–Kier alpha value is -3.43. The molecule has 3 aromatic rings. The van der Waals surface area contributed by atoms with Crippen LogP contribution in [0.1, 0.15) is 43.4 Å². The van der Waals surface area contributed by atoms with Gasteiger partial charge in [0, 0.05) is 18.1 Å². The van der Waals surface area contributed by atoms with Gasteiger partial charge in [0.25, 0.3) is 10.0 Å². The highest BCUT2D eigenvalue weighted by Gasteiger charge is 2.32. The van der Waals surface area contributed by atoms with Gasteiger partial charge in [-0.15, -0.1) is 0 Å². The number of rotatable bonds is 12. The first kappa shape index (κ1) is 31.1. The van der Waals surface area contributed by atoms with Gasteiger partial charge in [0.2, 0.25) is 11.8 Å². The third-order valence-electron chi connectivity index (χ3n) is 6.72. The molecule has 0 aliphatic heterocycles. The SMILES string of the molecule is CCCCNC(=O)C(C)N(Cc1ccc(F)cc1)C(=O)CN(c1ccc(C)c(C)c1)S(=O)(=O)c1ccc(Cl)cc1. The van der Waals surface area contributed by atoms with E-state index in [1.165, 1.54) is 53.4 Å². The van der Waals surface area contributed by atoms with Gasteiger partial charge < -0.3 is 10.2 Å². The number of halogens is 2. The molecule has 7 nitrogen and oxygen atoms in total. The summed E-state index contributed by atoms with van der Waals surface area (Å²) in [5.41, 5.74) is 2.73. The molecule has 0 bridgehead atoms. The topological polar surface area (TPSA) is 86.8 Å². The number of anilines is 1. The van der Waals surface area contributed by atoms with Crippen LogP contribution in [0.15, 0.2) is 71.6 Å². The molecule has 0 aliphatic carbocycles. The van der Waals surface area contributed by atoms with Crippen LogP contribution in [-0.4, -0.2) is 44.3 Å². The zero-order chi connectivity index (χ0) is 29.4. The number of hydrogen-bond donors (Lipinski definition) is 1. The van der Waals surface area contributed by atoms with E-state index in [2.05, 4.69) is 5.32 Å². The Morgan fingerprint density at radius 1 is 0.975 bits per heavy atom. The molecule has 0 saturated carbocycles. The zero-order valence-electron chi connectivity index (χ0n) is 23.2. The number of carbonyl (C=O) groups excluding carboxylic acids is 2. The Balaban J connectivity index is 2.02. The van der Waals surface area contributed by atoms with E-state index in [0.717, 1.165) is 28.3 Å². The minimum absolute atomic E-state index is 0.0107. The number of unbranched alkanes of at least 4 members (excludes halogenated alkanes) is 1. The van der Waals surface area contributed by atoms with Gasteiger partial charge in [-0.25, -0.2) is 12.8 Å². The van der Waals surface area contributed by atoms with Crippen molar-refractivity contribution in [2.24, 2.45) is 0 Å². The highest BCUT2D eigenvalue weighted by atomic mass is 35.5. The van der Waals surface area contributed by atoms with Crippen molar-refractivity contribution in [3.63, 3.8) is 0 Å². The molecule has 10 heteroatoms. The summed E-state index contributed by atoms with van der Waals surface area (Å²) in [5, 5.41) is 3.21. The van der Waals surface area contributed by atoms with Crippen LogP contribution in [0.3, 0.4) is 0 Å².